The van der Waals surface area contributed by atoms with Crippen LogP contribution in [-0.2, 0) is 11.3 Å². The molecule has 3 rings (SSSR count). The molecule has 0 aliphatic rings. The summed E-state index contributed by atoms with van der Waals surface area (Å²) in [6.45, 7) is 5.14. The Labute approximate surface area is 139 Å². The van der Waals surface area contributed by atoms with Gasteiger partial charge in [-0.1, -0.05) is 44.2 Å². The number of benzene rings is 1. The normalized spacial score (nSPS) is 11.5. The summed E-state index contributed by atoms with van der Waals surface area (Å²) in [5.74, 6) is 1.01. The van der Waals surface area contributed by atoms with Gasteiger partial charge in [0.25, 0.3) is 5.56 Å². The van der Waals surface area contributed by atoms with Crippen molar-refractivity contribution in [2.75, 3.05) is 13.7 Å². The first-order valence-electron chi connectivity index (χ1n) is 7.69. The van der Waals surface area contributed by atoms with Crippen molar-refractivity contribution in [3.8, 4) is 11.1 Å². The van der Waals surface area contributed by atoms with Crippen molar-refractivity contribution in [1.82, 2.24) is 9.55 Å². The molecular weight excluding hydrogens is 308 g/mol. The molecule has 3 aromatic rings. The van der Waals surface area contributed by atoms with Gasteiger partial charge in [0.1, 0.15) is 10.7 Å². The molecular formula is C18H20N2O2S. The summed E-state index contributed by atoms with van der Waals surface area (Å²) in [6.07, 6.45) is 0. The highest BCUT2D eigenvalue weighted by molar-refractivity contribution is 7.17. The summed E-state index contributed by atoms with van der Waals surface area (Å²) < 4.78 is 6.92. The Morgan fingerprint density at radius 2 is 2.00 bits per heavy atom. The highest BCUT2D eigenvalue weighted by Gasteiger charge is 2.18. The van der Waals surface area contributed by atoms with Gasteiger partial charge in [-0.3, -0.25) is 9.36 Å². The van der Waals surface area contributed by atoms with Crippen LogP contribution in [0.15, 0.2) is 40.5 Å². The summed E-state index contributed by atoms with van der Waals surface area (Å²) in [7, 11) is 1.64. The van der Waals surface area contributed by atoms with Gasteiger partial charge >= 0.3 is 0 Å². The molecule has 2 aromatic heterocycles. The third-order valence-corrected chi connectivity index (χ3v) is 4.72. The van der Waals surface area contributed by atoms with Crippen molar-refractivity contribution >= 4 is 21.6 Å². The Morgan fingerprint density at radius 3 is 2.65 bits per heavy atom. The fourth-order valence-corrected chi connectivity index (χ4v) is 3.65. The number of hydrogen-bond acceptors (Lipinski definition) is 4. The lowest BCUT2D eigenvalue weighted by Gasteiger charge is -2.14. The lowest BCUT2D eigenvalue weighted by Crippen LogP contribution is -2.27. The summed E-state index contributed by atoms with van der Waals surface area (Å²) >= 11 is 1.53. The quantitative estimate of drug-likeness (QED) is 0.713. The molecule has 0 saturated carbocycles. The van der Waals surface area contributed by atoms with Crippen molar-refractivity contribution in [2.45, 2.75) is 26.3 Å². The Balaban J connectivity index is 2.26. The maximum Gasteiger partial charge on any atom is 0.262 e. The minimum absolute atomic E-state index is 0.0239. The highest BCUT2D eigenvalue weighted by atomic mass is 32.1. The lowest BCUT2D eigenvalue weighted by molar-refractivity contribution is 0.184. The van der Waals surface area contributed by atoms with Crippen LogP contribution in [0.1, 0.15) is 25.6 Å². The second kappa shape index (κ2) is 6.64. The molecule has 0 unspecified atom stereocenters. The third-order valence-electron chi connectivity index (χ3n) is 3.84. The zero-order valence-corrected chi connectivity index (χ0v) is 14.4. The van der Waals surface area contributed by atoms with E-state index < -0.39 is 0 Å². The number of methoxy groups -OCH3 is 1. The molecule has 0 aliphatic heterocycles. The van der Waals surface area contributed by atoms with Gasteiger partial charge in [-0.25, -0.2) is 4.98 Å². The van der Waals surface area contributed by atoms with Crippen molar-refractivity contribution in [1.29, 1.82) is 0 Å². The van der Waals surface area contributed by atoms with E-state index in [9.17, 15) is 4.79 Å². The topological polar surface area (TPSA) is 44.1 Å². The van der Waals surface area contributed by atoms with Crippen molar-refractivity contribution in [3.05, 3.63) is 51.9 Å². The molecule has 0 amide bonds. The van der Waals surface area contributed by atoms with Gasteiger partial charge in [-0.05, 0) is 5.56 Å². The molecule has 0 spiro atoms. The Hall–Kier alpha value is -1.98. The predicted octanol–water partition coefficient (Wildman–Crippen LogP) is 3.89. The highest BCUT2D eigenvalue weighted by Crippen LogP contribution is 2.31. The molecule has 23 heavy (non-hydrogen) atoms. The van der Waals surface area contributed by atoms with E-state index in [1.807, 2.05) is 35.7 Å². The molecule has 5 heteroatoms. The number of hydrogen-bond donors (Lipinski definition) is 0. The van der Waals surface area contributed by atoms with Crippen molar-refractivity contribution in [3.63, 3.8) is 0 Å². The van der Waals surface area contributed by atoms with Gasteiger partial charge in [0.2, 0.25) is 0 Å². The zero-order valence-electron chi connectivity index (χ0n) is 13.6. The van der Waals surface area contributed by atoms with Gasteiger partial charge in [0.05, 0.1) is 18.5 Å². The van der Waals surface area contributed by atoms with Crippen LogP contribution in [0.2, 0.25) is 0 Å². The Morgan fingerprint density at radius 1 is 1.26 bits per heavy atom. The van der Waals surface area contributed by atoms with E-state index >= 15 is 0 Å². The molecule has 4 nitrogen and oxygen atoms in total. The molecule has 2 heterocycles. The van der Waals surface area contributed by atoms with Gasteiger partial charge in [-0.2, -0.15) is 0 Å². The molecule has 0 bridgehead atoms. The van der Waals surface area contributed by atoms with Gasteiger partial charge in [-0.15, -0.1) is 11.3 Å². The second-order valence-corrected chi connectivity index (χ2v) is 6.63. The molecule has 0 saturated heterocycles. The van der Waals surface area contributed by atoms with E-state index in [-0.39, 0.29) is 11.5 Å². The van der Waals surface area contributed by atoms with Gasteiger partial charge in [0, 0.05) is 24.0 Å². The minimum Gasteiger partial charge on any atom is -0.383 e. The van der Waals surface area contributed by atoms with E-state index in [1.165, 1.54) is 11.3 Å². The van der Waals surface area contributed by atoms with Crippen LogP contribution in [0.4, 0.5) is 0 Å². The van der Waals surface area contributed by atoms with Gasteiger partial charge < -0.3 is 4.74 Å². The molecule has 1 aromatic carbocycles. The number of rotatable bonds is 5. The average molecular weight is 328 g/mol. The minimum atomic E-state index is 0.0239. The van der Waals surface area contributed by atoms with E-state index in [0.29, 0.717) is 18.5 Å². The van der Waals surface area contributed by atoms with E-state index in [2.05, 4.69) is 13.8 Å². The maximum atomic E-state index is 13.1. The van der Waals surface area contributed by atoms with Crippen molar-refractivity contribution < 1.29 is 4.74 Å². The number of thiophene rings is 1. The monoisotopic (exact) mass is 328 g/mol. The number of fused-ring (bicyclic) bond motifs is 1. The summed E-state index contributed by atoms with van der Waals surface area (Å²) in [6, 6.07) is 9.99. The van der Waals surface area contributed by atoms with Crippen molar-refractivity contribution in [2.24, 2.45) is 0 Å². The first-order valence-corrected chi connectivity index (χ1v) is 8.57. The van der Waals surface area contributed by atoms with E-state index in [1.54, 1.807) is 11.7 Å². The van der Waals surface area contributed by atoms with Crippen LogP contribution < -0.4 is 5.56 Å². The Kier molecular flexibility index (Phi) is 4.59. The number of nitrogens with zero attached hydrogens (tertiary/aromatic N) is 2. The smallest absolute Gasteiger partial charge is 0.262 e. The lowest BCUT2D eigenvalue weighted by atomic mass is 10.1. The molecule has 0 N–H and O–H groups in total. The van der Waals surface area contributed by atoms with Crippen LogP contribution in [0, 0.1) is 0 Å². The van der Waals surface area contributed by atoms with Crippen LogP contribution >= 0.6 is 11.3 Å². The van der Waals surface area contributed by atoms with E-state index in [0.717, 1.165) is 21.8 Å². The second-order valence-electron chi connectivity index (χ2n) is 5.77. The first kappa shape index (κ1) is 15.9. The fraction of sp³-hybridized carbons (Fsp3) is 0.333. The zero-order chi connectivity index (χ0) is 16.4. The van der Waals surface area contributed by atoms with Crippen LogP contribution in [-0.4, -0.2) is 23.3 Å². The SMILES string of the molecule is COCCn1c(C(C)C)nc2scc(-c3ccccc3)c2c1=O. The number of ether oxygens (including phenoxy) is 1. The van der Waals surface area contributed by atoms with Crippen LogP contribution in [0.3, 0.4) is 0 Å². The standard InChI is InChI=1S/C18H20N2O2S/c1-12(2)16-19-17-15(18(21)20(16)9-10-22-3)14(11-23-17)13-7-5-4-6-8-13/h4-8,11-12H,9-10H2,1-3H3. The predicted molar refractivity (Wildman–Crippen MR) is 95.3 cm³/mol. The third kappa shape index (κ3) is 2.94. The molecule has 0 aliphatic carbocycles. The Bertz CT molecular complexity index is 866. The average Bonchev–Trinajstić information content (AvgIpc) is 2.99. The fourth-order valence-electron chi connectivity index (χ4n) is 2.71. The summed E-state index contributed by atoms with van der Waals surface area (Å²) in [4.78, 5) is 18.7. The van der Waals surface area contributed by atoms with E-state index in [4.69, 9.17) is 9.72 Å². The van der Waals surface area contributed by atoms with Crippen LogP contribution in [0.5, 0.6) is 0 Å². The summed E-state index contributed by atoms with van der Waals surface area (Å²) in [5.41, 5.74) is 2.04. The summed E-state index contributed by atoms with van der Waals surface area (Å²) in [5, 5.41) is 2.74. The molecule has 0 radical (unpaired) electrons. The number of aromatic nitrogens is 2. The molecule has 0 atom stereocenters. The van der Waals surface area contributed by atoms with Gasteiger partial charge in [0.15, 0.2) is 0 Å². The maximum absolute atomic E-state index is 13.1. The largest absolute Gasteiger partial charge is 0.383 e. The first-order chi connectivity index (χ1) is 11.1. The molecule has 0 fully saturated rings. The van der Waals surface area contributed by atoms with Crippen LogP contribution in [0.25, 0.3) is 21.3 Å². The molecule has 120 valence electrons.